The number of benzene rings is 1. The Morgan fingerprint density at radius 2 is 1.20 bits per heavy atom. The first-order valence-electron chi connectivity index (χ1n) is 7.56. The lowest BCUT2D eigenvalue weighted by molar-refractivity contribution is 0.00874. The van der Waals surface area contributed by atoms with Crippen molar-refractivity contribution in [1.82, 2.24) is 0 Å². The van der Waals surface area contributed by atoms with Gasteiger partial charge in [0.2, 0.25) is 0 Å². The summed E-state index contributed by atoms with van der Waals surface area (Å²) in [6, 6.07) is 8.48. The minimum atomic E-state index is -0.480. The van der Waals surface area contributed by atoms with E-state index in [2.05, 4.69) is 52.0 Å². The average Bonchev–Trinajstić information content (AvgIpc) is 2.32. The molecule has 1 nitrogen and oxygen atoms in total. The van der Waals surface area contributed by atoms with Crippen LogP contribution in [0.15, 0.2) is 24.3 Å². The lowest BCUT2D eigenvalue weighted by Gasteiger charge is -2.28. The highest BCUT2D eigenvalue weighted by atomic mass is 16.3. The van der Waals surface area contributed by atoms with Gasteiger partial charge in [-0.05, 0) is 46.5 Å². The summed E-state index contributed by atoms with van der Waals surface area (Å²) in [5, 5.41) is 9.74. The second-order valence-electron chi connectivity index (χ2n) is 6.08. The van der Waals surface area contributed by atoms with Gasteiger partial charge in [0.25, 0.3) is 0 Å². The van der Waals surface area contributed by atoms with E-state index in [4.69, 9.17) is 0 Å². The van der Waals surface area contributed by atoms with Gasteiger partial charge in [-0.15, -0.1) is 0 Å². The number of aliphatic hydroxyl groups is 1. The van der Waals surface area contributed by atoms with E-state index in [1.54, 1.807) is 0 Å². The molecule has 0 aromatic heterocycles. The van der Waals surface area contributed by atoms with Crippen molar-refractivity contribution in [3.8, 4) is 0 Å². The van der Waals surface area contributed by atoms with E-state index < -0.39 is 5.60 Å². The second kappa shape index (κ2) is 10.9. The van der Waals surface area contributed by atoms with Crippen LogP contribution in [0.4, 0.5) is 0 Å². The lowest BCUT2D eigenvalue weighted by Crippen LogP contribution is -2.30. The average molecular weight is 280 g/mol. The largest absolute Gasteiger partial charge is 0.390 e. The molecule has 0 aliphatic rings. The van der Waals surface area contributed by atoms with Gasteiger partial charge in [-0.25, -0.2) is 0 Å². The van der Waals surface area contributed by atoms with Crippen molar-refractivity contribution >= 4 is 0 Å². The van der Waals surface area contributed by atoms with E-state index in [1.165, 1.54) is 24.0 Å². The third kappa shape index (κ3) is 10.0. The van der Waals surface area contributed by atoms with Gasteiger partial charge < -0.3 is 5.11 Å². The molecular weight excluding hydrogens is 244 g/mol. The van der Waals surface area contributed by atoms with Gasteiger partial charge in [-0.1, -0.05) is 69.5 Å². The Hall–Kier alpha value is -0.820. The Kier molecular flexibility index (Phi) is 11.7. The molecule has 0 saturated heterocycles. The molecule has 0 aliphatic heterocycles. The van der Waals surface area contributed by atoms with Gasteiger partial charge in [0.15, 0.2) is 0 Å². The molecule has 1 aromatic rings. The van der Waals surface area contributed by atoms with Crippen LogP contribution in [0.3, 0.4) is 0 Å². The molecule has 1 rings (SSSR count). The van der Waals surface area contributed by atoms with E-state index in [0.717, 1.165) is 12.8 Å². The van der Waals surface area contributed by atoms with Gasteiger partial charge in [0.1, 0.15) is 0 Å². The smallest absolute Gasteiger partial charge is 0.0619 e. The first-order chi connectivity index (χ1) is 8.81. The molecule has 0 heterocycles. The predicted molar refractivity (Wildman–Crippen MR) is 92.3 cm³/mol. The van der Waals surface area contributed by atoms with Gasteiger partial charge >= 0.3 is 0 Å². The third-order valence-corrected chi connectivity index (χ3v) is 3.49. The summed E-state index contributed by atoms with van der Waals surface area (Å²) in [4.78, 5) is 0. The maximum Gasteiger partial charge on any atom is 0.0619 e. The van der Waals surface area contributed by atoms with Crippen LogP contribution in [-0.4, -0.2) is 10.7 Å². The van der Waals surface area contributed by atoms with Crippen LogP contribution in [0.2, 0.25) is 0 Å². The number of hydrogen-bond acceptors (Lipinski definition) is 1. The van der Waals surface area contributed by atoms with Crippen LogP contribution in [0.1, 0.15) is 71.9 Å². The number of aryl methyl sites for hydroxylation is 2. The van der Waals surface area contributed by atoms with E-state index >= 15 is 0 Å². The molecule has 0 bridgehead atoms. The Bertz CT molecular complexity index is 292. The third-order valence-electron chi connectivity index (χ3n) is 3.49. The van der Waals surface area contributed by atoms with E-state index in [0.29, 0.717) is 5.92 Å². The summed E-state index contributed by atoms with van der Waals surface area (Å²) < 4.78 is 0. The van der Waals surface area contributed by atoms with E-state index in [9.17, 15) is 5.11 Å². The Balaban J connectivity index is 0. The van der Waals surface area contributed by atoms with Crippen LogP contribution in [-0.2, 0) is 0 Å². The van der Waals surface area contributed by atoms with Crippen LogP contribution in [0, 0.1) is 19.8 Å². The maximum atomic E-state index is 9.74. The van der Waals surface area contributed by atoms with E-state index in [-0.39, 0.29) is 7.43 Å². The molecule has 0 radical (unpaired) electrons. The molecule has 0 atom stereocenters. The summed E-state index contributed by atoms with van der Waals surface area (Å²) in [5.41, 5.74) is 2.18. The molecule has 1 heteroatoms. The zero-order valence-electron chi connectivity index (χ0n) is 13.7. The highest BCUT2D eigenvalue weighted by Gasteiger charge is 2.24. The Morgan fingerprint density at radius 3 is 1.40 bits per heavy atom. The van der Waals surface area contributed by atoms with Gasteiger partial charge in [0.05, 0.1) is 5.60 Å². The molecule has 1 N–H and O–H groups in total. The monoisotopic (exact) mass is 280 g/mol. The highest BCUT2D eigenvalue weighted by molar-refractivity contribution is 5.19. The standard InChI is InChI=1S/C10H22O.C8H10.CH4/c1-5-7-9(8-6-2)10(3,4)11;1-7-3-5-8(2)6-4-7;/h9,11H,5-8H2,1-4H3;3-6H,1-2H3;1H4. The molecule has 0 saturated carbocycles. The van der Waals surface area contributed by atoms with E-state index in [1.807, 2.05) is 13.8 Å². The second-order valence-corrected chi connectivity index (χ2v) is 6.08. The van der Waals surface area contributed by atoms with Crippen LogP contribution >= 0.6 is 0 Å². The van der Waals surface area contributed by atoms with Gasteiger partial charge in [0, 0.05) is 0 Å². The van der Waals surface area contributed by atoms with Crippen molar-refractivity contribution in [3.63, 3.8) is 0 Å². The normalized spacial score (nSPS) is 10.6. The minimum Gasteiger partial charge on any atom is -0.390 e. The van der Waals surface area contributed by atoms with Crippen LogP contribution < -0.4 is 0 Å². The van der Waals surface area contributed by atoms with Crippen LogP contribution in [0.25, 0.3) is 0 Å². The number of hydrogen-bond donors (Lipinski definition) is 1. The topological polar surface area (TPSA) is 20.2 Å². The van der Waals surface area contributed by atoms with Crippen molar-refractivity contribution < 1.29 is 5.11 Å². The first kappa shape index (κ1) is 21.5. The van der Waals surface area contributed by atoms with Crippen molar-refractivity contribution in [2.75, 3.05) is 0 Å². The SMILES string of the molecule is C.CCCC(CCC)C(C)(C)O.Cc1ccc(C)cc1. The molecule has 0 spiro atoms. The lowest BCUT2D eigenvalue weighted by atomic mass is 9.84. The predicted octanol–water partition coefficient (Wildman–Crippen LogP) is 5.91. The Morgan fingerprint density at radius 1 is 0.900 bits per heavy atom. The first-order valence-corrected chi connectivity index (χ1v) is 7.56. The Labute approximate surface area is 127 Å². The highest BCUT2D eigenvalue weighted by Crippen LogP contribution is 2.25. The zero-order chi connectivity index (χ0) is 14.9. The fraction of sp³-hybridized carbons (Fsp3) is 0.684. The summed E-state index contributed by atoms with van der Waals surface area (Å²) in [6.07, 6.45) is 4.65. The molecule has 0 aliphatic carbocycles. The van der Waals surface area contributed by atoms with Crippen molar-refractivity contribution in [2.45, 2.75) is 80.3 Å². The molecule has 1 aromatic carbocycles. The van der Waals surface area contributed by atoms with Gasteiger partial charge in [-0.2, -0.15) is 0 Å². The van der Waals surface area contributed by atoms with Crippen molar-refractivity contribution in [1.29, 1.82) is 0 Å². The van der Waals surface area contributed by atoms with Gasteiger partial charge in [-0.3, -0.25) is 0 Å². The molecule has 0 amide bonds. The fourth-order valence-corrected chi connectivity index (χ4v) is 2.18. The molecule has 20 heavy (non-hydrogen) atoms. The zero-order valence-corrected chi connectivity index (χ0v) is 13.7. The summed E-state index contributed by atoms with van der Waals surface area (Å²) in [7, 11) is 0. The van der Waals surface area contributed by atoms with Crippen LogP contribution in [0.5, 0.6) is 0 Å². The summed E-state index contributed by atoms with van der Waals surface area (Å²) in [5.74, 6) is 0.484. The summed E-state index contributed by atoms with van der Waals surface area (Å²) >= 11 is 0. The maximum absolute atomic E-state index is 9.74. The molecule has 0 fully saturated rings. The molecule has 118 valence electrons. The minimum absolute atomic E-state index is 0. The quantitative estimate of drug-likeness (QED) is 0.710. The summed E-state index contributed by atoms with van der Waals surface area (Å²) in [6.45, 7) is 12.4. The fourth-order valence-electron chi connectivity index (χ4n) is 2.18. The van der Waals surface area contributed by atoms with Crippen molar-refractivity contribution in [2.24, 2.45) is 5.92 Å². The molecule has 0 unspecified atom stereocenters. The molecular formula is C19H36O. The van der Waals surface area contributed by atoms with Crippen molar-refractivity contribution in [3.05, 3.63) is 35.4 Å². The number of rotatable bonds is 5.